The van der Waals surface area contributed by atoms with Gasteiger partial charge in [-0.1, -0.05) is 164 Å². The van der Waals surface area contributed by atoms with Crippen LogP contribution in [0.5, 0.6) is 0 Å². The molecule has 8 aromatic rings. The van der Waals surface area contributed by atoms with Crippen LogP contribution in [0.25, 0.3) is 83.4 Å². The molecule has 6 aromatic carbocycles. The summed E-state index contributed by atoms with van der Waals surface area (Å²) in [7, 11) is 0. The summed E-state index contributed by atoms with van der Waals surface area (Å²) < 4.78 is 0. The summed E-state index contributed by atoms with van der Waals surface area (Å²) in [6.07, 6.45) is 6.57. The molecule has 1 aliphatic carbocycles. The second kappa shape index (κ2) is 13.5. The van der Waals surface area contributed by atoms with E-state index in [0.29, 0.717) is 17.5 Å². The summed E-state index contributed by atoms with van der Waals surface area (Å²) in [6.45, 7) is 0. The molecule has 240 valence electrons. The standard InChI is InChI=1S/C47H31N3S/c1-5-18-32(19-6-1)36-26-13-14-27-38(36)43-39-28-15-16-29-40(39)44(51-43)42-37(33-20-7-2-8-21-33)30-17-31-41(42)47-49-45(34-22-9-3-10-23-34)48-46(50-47)35-24-11-4-12-25-35/h1-7,9-15,17-20,22-28,30-31H,16,29H2. The fourth-order valence-electron chi connectivity index (χ4n) is 6.93. The molecule has 0 fully saturated rings. The maximum Gasteiger partial charge on any atom is 0.164 e. The number of hydrogen-bond acceptors (Lipinski definition) is 4. The molecule has 0 saturated carbocycles. The van der Waals surface area contributed by atoms with Crippen molar-refractivity contribution in [2.45, 2.75) is 12.8 Å². The van der Waals surface area contributed by atoms with Crippen LogP contribution < -0.4 is 0 Å². The van der Waals surface area contributed by atoms with Gasteiger partial charge in [-0.25, -0.2) is 15.0 Å². The molecule has 0 aliphatic heterocycles. The highest BCUT2D eigenvalue weighted by Gasteiger charge is 2.27. The molecule has 4 heteroatoms. The van der Waals surface area contributed by atoms with E-state index >= 15 is 0 Å². The van der Waals surface area contributed by atoms with E-state index in [2.05, 4.69) is 127 Å². The Bertz CT molecular complexity index is 2450. The Balaban J connectivity index is 1.33. The molecule has 3 nitrogen and oxygen atoms in total. The van der Waals surface area contributed by atoms with Crippen molar-refractivity contribution in [3.05, 3.63) is 181 Å². The van der Waals surface area contributed by atoms with E-state index in [1.807, 2.05) is 59.9 Å². The second-order valence-corrected chi connectivity index (χ2v) is 13.5. The van der Waals surface area contributed by atoms with Gasteiger partial charge >= 0.3 is 0 Å². The van der Waals surface area contributed by atoms with E-state index in [-0.39, 0.29) is 0 Å². The highest BCUT2D eigenvalue weighted by atomic mass is 32.1. The highest BCUT2D eigenvalue weighted by molar-refractivity contribution is 7.19. The lowest BCUT2D eigenvalue weighted by atomic mass is 9.88. The first-order valence-corrected chi connectivity index (χ1v) is 18.0. The van der Waals surface area contributed by atoms with Crippen LogP contribution in [0.15, 0.2) is 158 Å². The predicted molar refractivity (Wildman–Crippen MR) is 211 cm³/mol. The normalized spacial score (nSPS) is 11.9. The van der Waals surface area contributed by atoms with Crippen LogP contribution in [0.4, 0.5) is 0 Å². The molecule has 0 radical (unpaired) electrons. The van der Waals surface area contributed by atoms with Crippen molar-refractivity contribution in [1.82, 2.24) is 15.0 Å². The summed E-state index contributed by atoms with van der Waals surface area (Å²) in [5.74, 6) is 1.92. The first-order valence-electron chi connectivity index (χ1n) is 17.2. The van der Waals surface area contributed by atoms with Crippen LogP contribution in [0, 0.1) is 12.1 Å². The van der Waals surface area contributed by atoms with Crippen molar-refractivity contribution in [3.8, 4) is 77.3 Å². The summed E-state index contributed by atoms with van der Waals surface area (Å²) in [5, 5.41) is 0. The van der Waals surface area contributed by atoms with Gasteiger partial charge in [-0.3, -0.25) is 0 Å². The Hall–Kier alpha value is -6.41. The van der Waals surface area contributed by atoms with Crippen molar-refractivity contribution in [2.75, 3.05) is 0 Å². The molecule has 0 N–H and O–H groups in total. The quantitative estimate of drug-likeness (QED) is 0.170. The van der Waals surface area contributed by atoms with Gasteiger partial charge < -0.3 is 0 Å². The van der Waals surface area contributed by atoms with Crippen LogP contribution in [-0.4, -0.2) is 15.0 Å². The van der Waals surface area contributed by atoms with E-state index in [1.165, 1.54) is 37.6 Å². The maximum absolute atomic E-state index is 5.20. The molecule has 0 unspecified atom stereocenters. The third kappa shape index (κ3) is 5.84. The second-order valence-electron chi connectivity index (χ2n) is 12.5. The molecule has 1 aliphatic rings. The largest absolute Gasteiger partial charge is 0.208 e. The van der Waals surface area contributed by atoms with Crippen LogP contribution >= 0.6 is 11.3 Å². The van der Waals surface area contributed by atoms with Crippen molar-refractivity contribution in [1.29, 1.82) is 0 Å². The first kappa shape index (κ1) is 30.6. The lowest BCUT2D eigenvalue weighted by Crippen LogP contribution is -2.02. The van der Waals surface area contributed by atoms with Crippen LogP contribution in [0.2, 0.25) is 0 Å². The summed E-state index contributed by atoms with van der Waals surface area (Å²) in [5.41, 5.74) is 12.3. The molecule has 2 aromatic heterocycles. The van der Waals surface area contributed by atoms with E-state index in [1.54, 1.807) is 0 Å². The number of hydrogen-bond donors (Lipinski definition) is 0. The summed E-state index contributed by atoms with van der Waals surface area (Å²) >= 11 is 1.86. The third-order valence-corrected chi connectivity index (χ3v) is 10.6. The van der Waals surface area contributed by atoms with E-state index in [9.17, 15) is 0 Å². The average molecular weight is 670 g/mol. The molecular formula is C47H31N3S. The average Bonchev–Trinajstić information content (AvgIpc) is 3.61. The molecule has 0 saturated heterocycles. The fraction of sp³-hybridized carbons (Fsp3) is 0.0426. The SMILES string of the molecule is c1cccc(-c2cccc(-c3nc(-c4ccccc4)nc(-c4ccccc4)n3)c2-c2sc(-c3ccccc3-c3ccccc3)c3c2CCC=C3)c#1. The number of thiophene rings is 1. The van der Waals surface area contributed by atoms with Crippen LogP contribution in [0.3, 0.4) is 0 Å². The molecule has 9 rings (SSSR count). The molecular weight excluding hydrogens is 639 g/mol. The minimum atomic E-state index is 0.638. The van der Waals surface area contributed by atoms with Gasteiger partial charge in [0.25, 0.3) is 0 Å². The Labute approximate surface area is 302 Å². The van der Waals surface area contributed by atoms with Gasteiger partial charge in [0.1, 0.15) is 0 Å². The van der Waals surface area contributed by atoms with E-state index in [4.69, 9.17) is 15.0 Å². The summed E-state index contributed by atoms with van der Waals surface area (Å²) in [6, 6.07) is 58.9. The Morgan fingerprint density at radius 1 is 0.490 bits per heavy atom. The molecule has 0 bridgehead atoms. The monoisotopic (exact) mass is 669 g/mol. The minimum Gasteiger partial charge on any atom is -0.208 e. The third-order valence-electron chi connectivity index (χ3n) is 9.32. The Morgan fingerprint density at radius 2 is 1.08 bits per heavy atom. The van der Waals surface area contributed by atoms with Crippen LogP contribution in [-0.2, 0) is 6.42 Å². The molecule has 2 heterocycles. The number of aromatic nitrogens is 3. The minimum absolute atomic E-state index is 0.638. The molecule has 0 spiro atoms. The van der Waals surface area contributed by atoms with E-state index < -0.39 is 0 Å². The van der Waals surface area contributed by atoms with E-state index in [0.717, 1.165) is 46.2 Å². The lowest BCUT2D eigenvalue weighted by molar-refractivity contribution is 0.996. The van der Waals surface area contributed by atoms with Crippen molar-refractivity contribution in [2.24, 2.45) is 0 Å². The molecule has 0 amide bonds. The van der Waals surface area contributed by atoms with Gasteiger partial charge in [0.15, 0.2) is 17.5 Å². The van der Waals surface area contributed by atoms with Crippen molar-refractivity contribution in [3.63, 3.8) is 0 Å². The maximum atomic E-state index is 5.20. The number of nitrogens with zero attached hydrogens (tertiary/aromatic N) is 3. The van der Waals surface area contributed by atoms with Crippen LogP contribution in [0.1, 0.15) is 17.5 Å². The van der Waals surface area contributed by atoms with Gasteiger partial charge in [-0.05, 0) is 52.8 Å². The number of benzene rings is 5. The van der Waals surface area contributed by atoms with Gasteiger partial charge in [-0.2, -0.15) is 0 Å². The number of fused-ring (bicyclic) bond motifs is 1. The fourth-order valence-corrected chi connectivity index (χ4v) is 8.38. The predicted octanol–water partition coefficient (Wildman–Crippen LogP) is 12.2. The number of rotatable bonds is 7. The van der Waals surface area contributed by atoms with Crippen molar-refractivity contribution < 1.29 is 0 Å². The zero-order valence-electron chi connectivity index (χ0n) is 27.8. The lowest BCUT2D eigenvalue weighted by Gasteiger charge is -2.17. The number of allylic oxidation sites excluding steroid dienone is 1. The Morgan fingerprint density at radius 3 is 1.75 bits per heavy atom. The Kier molecular flexibility index (Phi) is 8.10. The van der Waals surface area contributed by atoms with Gasteiger partial charge in [-0.15, -0.1) is 11.3 Å². The smallest absolute Gasteiger partial charge is 0.164 e. The molecule has 0 atom stereocenters. The van der Waals surface area contributed by atoms with Gasteiger partial charge in [0.05, 0.1) is 0 Å². The van der Waals surface area contributed by atoms with Gasteiger partial charge in [0.2, 0.25) is 0 Å². The molecule has 51 heavy (non-hydrogen) atoms. The topological polar surface area (TPSA) is 38.7 Å². The van der Waals surface area contributed by atoms with Gasteiger partial charge in [0, 0.05) is 43.1 Å². The summed E-state index contributed by atoms with van der Waals surface area (Å²) in [4.78, 5) is 17.9. The zero-order valence-corrected chi connectivity index (χ0v) is 28.6. The first-order chi connectivity index (χ1) is 25.3. The van der Waals surface area contributed by atoms with Crippen molar-refractivity contribution >= 4 is 17.4 Å². The zero-order chi connectivity index (χ0) is 34.0. The highest BCUT2D eigenvalue weighted by Crippen LogP contribution is 2.51.